The number of H-pyrrole nitrogens is 1. The van der Waals surface area contributed by atoms with Gasteiger partial charge in [-0.05, 0) is 50.2 Å². The standard InChI is InChI=1S/C17H18N2OS/c1-11(9-15-5-3-12(2)21-15)19-17(20)14-4-6-16-13(10-14)7-8-18-16/h3-8,10-11,18H,9H2,1-2H3,(H,19,20). The Hall–Kier alpha value is -2.07. The van der Waals surface area contributed by atoms with Crippen molar-refractivity contribution in [3.8, 4) is 0 Å². The van der Waals surface area contributed by atoms with E-state index in [0.29, 0.717) is 5.56 Å². The summed E-state index contributed by atoms with van der Waals surface area (Å²) in [6, 6.07) is 12.1. The van der Waals surface area contributed by atoms with E-state index in [1.165, 1.54) is 9.75 Å². The molecule has 0 fully saturated rings. The maximum atomic E-state index is 12.3. The minimum Gasteiger partial charge on any atom is -0.361 e. The molecule has 0 saturated carbocycles. The molecule has 0 aliphatic carbocycles. The predicted octanol–water partition coefficient (Wildman–Crippen LogP) is 3.90. The molecule has 0 aliphatic heterocycles. The summed E-state index contributed by atoms with van der Waals surface area (Å²) in [5.74, 6) is -0.0149. The predicted molar refractivity (Wildman–Crippen MR) is 88.0 cm³/mol. The monoisotopic (exact) mass is 298 g/mol. The Morgan fingerprint density at radius 3 is 2.90 bits per heavy atom. The number of aromatic nitrogens is 1. The first-order valence-electron chi connectivity index (χ1n) is 7.05. The summed E-state index contributed by atoms with van der Waals surface area (Å²) in [5.41, 5.74) is 1.75. The van der Waals surface area contributed by atoms with E-state index in [4.69, 9.17) is 0 Å². The first-order valence-corrected chi connectivity index (χ1v) is 7.87. The van der Waals surface area contributed by atoms with Crippen LogP contribution in [0.4, 0.5) is 0 Å². The third kappa shape index (κ3) is 3.16. The molecule has 3 aromatic rings. The van der Waals surface area contributed by atoms with Crippen LogP contribution in [-0.2, 0) is 6.42 Å². The normalized spacial score (nSPS) is 12.5. The molecule has 0 spiro atoms. The molecule has 0 aliphatic rings. The number of thiophene rings is 1. The second-order valence-corrected chi connectivity index (χ2v) is 6.74. The van der Waals surface area contributed by atoms with Gasteiger partial charge in [0.05, 0.1) is 0 Å². The third-order valence-corrected chi connectivity index (χ3v) is 4.52. The van der Waals surface area contributed by atoms with E-state index in [1.807, 2.05) is 37.4 Å². The molecule has 0 radical (unpaired) electrons. The summed E-state index contributed by atoms with van der Waals surface area (Å²) < 4.78 is 0. The van der Waals surface area contributed by atoms with E-state index < -0.39 is 0 Å². The molecule has 1 atom stereocenters. The number of amides is 1. The zero-order valence-electron chi connectivity index (χ0n) is 12.1. The van der Waals surface area contributed by atoms with Crippen LogP contribution in [0.3, 0.4) is 0 Å². The highest BCUT2D eigenvalue weighted by molar-refractivity contribution is 7.11. The quantitative estimate of drug-likeness (QED) is 0.754. The van der Waals surface area contributed by atoms with E-state index in [9.17, 15) is 4.79 Å². The number of carbonyl (C=O) groups excluding carboxylic acids is 1. The molecule has 0 saturated heterocycles. The molecule has 0 bridgehead atoms. The fourth-order valence-corrected chi connectivity index (χ4v) is 3.47. The molecular weight excluding hydrogens is 280 g/mol. The Balaban J connectivity index is 1.67. The van der Waals surface area contributed by atoms with Crippen molar-refractivity contribution in [2.75, 3.05) is 0 Å². The van der Waals surface area contributed by atoms with Crippen LogP contribution in [0.2, 0.25) is 0 Å². The van der Waals surface area contributed by atoms with Gasteiger partial charge in [-0.25, -0.2) is 0 Å². The number of benzene rings is 1. The van der Waals surface area contributed by atoms with Crippen molar-refractivity contribution in [1.82, 2.24) is 10.3 Å². The Morgan fingerprint density at radius 2 is 2.14 bits per heavy atom. The minimum atomic E-state index is -0.0149. The van der Waals surface area contributed by atoms with Crippen LogP contribution in [0.25, 0.3) is 10.9 Å². The third-order valence-electron chi connectivity index (χ3n) is 3.50. The molecule has 1 amide bonds. The van der Waals surface area contributed by atoms with Gasteiger partial charge in [-0.3, -0.25) is 4.79 Å². The Bertz CT molecular complexity index is 772. The molecule has 2 aromatic heterocycles. The summed E-state index contributed by atoms with van der Waals surface area (Å²) in [6.07, 6.45) is 2.75. The summed E-state index contributed by atoms with van der Waals surface area (Å²) in [7, 11) is 0. The Morgan fingerprint density at radius 1 is 1.29 bits per heavy atom. The zero-order valence-corrected chi connectivity index (χ0v) is 13.0. The fraction of sp³-hybridized carbons (Fsp3) is 0.235. The van der Waals surface area contributed by atoms with Crippen molar-refractivity contribution >= 4 is 28.1 Å². The van der Waals surface area contributed by atoms with Crippen LogP contribution in [0.5, 0.6) is 0 Å². The van der Waals surface area contributed by atoms with Crippen LogP contribution in [0.1, 0.15) is 27.0 Å². The maximum absolute atomic E-state index is 12.3. The highest BCUT2D eigenvalue weighted by atomic mass is 32.1. The average Bonchev–Trinajstić information content (AvgIpc) is 3.06. The molecule has 2 heterocycles. The fourth-order valence-electron chi connectivity index (χ4n) is 2.45. The lowest BCUT2D eigenvalue weighted by Gasteiger charge is -2.13. The SMILES string of the molecule is Cc1ccc(CC(C)NC(=O)c2ccc3[nH]ccc3c2)s1. The Labute approximate surface area is 128 Å². The lowest BCUT2D eigenvalue weighted by molar-refractivity contribution is 0.0940. The van der Waals surface area contributed by atoms with Crippen LogP contribution in [0.15, 0.2) is 42.6 Å². The summed E-state index contributed by atoms with van der Waals surface area (Å²) in [5, 5.41) is 4.13. The molecule has 1 aromatic carbocycles. The van der Waals surface area contributed by atoms with Gasteiger partial charge in [0.2, 0.25) is 0 Å². The van der Waals surface area contributed by atoms with Gasteiger partial charge in [0.1, 0.15) is 0 Å². The van der Waals surface area contributed by atoms with Crippen molar-refractivity contribution in [2.24, 2.45) is 0 Å². The molecule has 21 heavy (non-hydrogen) atoms. The maximum Gasteiger partial charge on any atom is 0.251 e. The van der Waals surface area contributed by atoms with E-state index in [2.05, 4.69) is 29.4 Å². The molecule has 1 unspecified atom stereocenters. The number of rotatable bonds is 4. The van der Waals surface area contributed by atoms with E-state index in [-0.39, 0.29) is 11.9 Å². The number of carbonyl (C=O) groups is 1. The van der Waals surface area contributed by atoms with Crippen molar-refractivity contribution < 1.29 is 4.79 Å². The number of hydrogen-bond acceptors (Lipinski definition) is 2. The van der Waals surface area contributed by atoms with Gasteiger partial charge in [0.15, 0.2) is 0 Å². The lowest BCUT2D eigenvalue weighted by Crippen LogP contribution is -2.33. The topological polar surface area (TPSA) is 44.9 Å². The molecule has 108 valence electrons. The van der Waals surface area contributed by atoms with Gasteiger partial charge in [0.25, 0.3) is 5.91 Å². The molecule has 4 heteroatoms. The van der Waals surface area contributed by atoms with Crippen LogP contribution in [-0.4, -0.2) is 16.9 Å². The Kier molecular flexibility index (Phi) is 3.80. The van der Waals surface area contributed by atoms with Gasteiger partial charge >= 0.3 is 0 Å². The number of nitrogens with one attached hydrogen (secondary N) is 2. The van der Waals surface area contributed by atoms with E-state index in [0.717, 1.165) is 17.3 Å². The van der Waals surface area contributed by atoms with Gasteiger partial charge in [0, 0.05) is 44.9 Å². The molecule has 3 rings (SSSR count). The summed E-state index contributed by atoms with van der Waals surface area (Å²) >= 11 is 1.79. The molecule has 3 nitrogen and oxygen atoms in total. The second-order valence-electron chi connectivity index (χ2n) is 5.37. The zero-order chi connectivity index (χ0) is 14.8. The minimum absolute atomic E-state index is 0.0149. The van der Waals surface area contributed by atoms with Crippen LogP contribution < -0.4 is 5.32 Å². The summed E-state index contributed by atoms with van der Waals surface area (Å²) in [6.45, 7) is 4.14. The van der Waals surface area contributed by atoms with Gasteiger partial charge in [-0.2, -0.15) is 0 Å². The van der Waals surface area contributed by atoms with Gasteiger partial charge in [-0.1, -0.05) is 0 Å². The van der Waals surface area contributed by atoms with E-state index >= 15 is 0 Å². The largest absolute Gasteiger partial charge is 0.361 e. The first-order chi connectivity index (χ1) is 10.1. The number of fused-ring (bicyclic) bond motifs is 1. The average molecular weight is 298 g/mol. The highest BCUT2D eigenvalue weighted by Gasteiger charge is 2.11. The highest BCUT2D eigenvalue weighted by Crippen LogP contribution is 2.17. The van der Waals surface area contributed by atoms with Crippen LogP contribution in [0, 0.1) is 6.92 Å². The smallest absolute Gasteiger partial charge is 0.251 e. The second kappa shape index (κ2) is 5.74. The van der Waals surface area contributed by atoms with Crippen LogP contribution >= 0.6 is 11.3 Å². The van der Waals surface area contributed by atoms with Crippen molar-refractivity contribution in [2.45, 2.75) is 26.3 Å². The number of aryl methyl sites for hydroxylation is 1. The molecular formula is C17H18N2OS. The van der Waals surface area contributed by atoms with Gasteiger partial charge < -0.3 is 10.3 Å². The number of hydrogen-bond donors (Lipinski definition) is 2. The van der Waals surface area contributed by atoms with Crippen molar-refractivity contribution in [3.63, 3.8) is 0 Å². The van der Waals surface area contributed by atoms with Crippen molar-refractivity contribution in [1.29, 1.82) is 0 Å². The van der Waals surface area contributed by atoms with Gasteiger partial charge in [-0.15, -0.1) is 11.3 Å². The lowest BCUT2D eigenvalue weighted by atomic mass is 10.1. The number of aromatic amines is 1. The molecule has 2 N–H and O–H groups in total. The van der Waals surface area contributed by atoms with E-state index in [1.54, 1.807) is 11.3 Å². The first kappa shape index (κ1) is 13.9. The van der Waals surface area contributed by atoms with Crippen molar-refractivity contribution in [3.05, 3.63) is 57.9 Å². The summed E-state index contributed by atoms with van der Waals surface area (Å²) in [4.78, 5) is 18.0.